The van der Waals surface area contributed by atoms with Crippen molar-refractivity contribution >= 4 is 0 Å². The van der Waals surface area contributed by atoms with Gasteiger partial charge in [0.1, 0.15) is 5.76 Å². The number of nitrogens with one attached hydrogen (secondary N) is 1. The third kappa shape index (κ3) is 3.54. The summed E-state index contributed by atoms with van der Waals surface area (Å²) < 4.78 is 5.43. The third-order valence-corrected chi connectivity index (χ3v) is 2.27. The molecule has 0 aliphatic rings. The average molecular weight is 195 g/mol. The molecule has 0 radical (unpaired) electrons. The van der Waals surface area contributed by atoms with Crippen molar-refractivity contribution in [3.05, 3.63) is 24.2 Å². The number of unbranched alkanes of at least 4 members (excludes halogenated alkanes) is 1. The van der Waals surface area contributed by atoms with Crippen molar-refractivity contribution in [3.63, 3.8) is 0 Å². The first kappa shape index (κ1) is 11.3. The molecule has 0 aliphatic carbocycles. The number of hydrogen-bond donors (Lipinski definition) is 1. The van der Waals surface area contributed by atoms with Gasteiger partial charge in [-0.3, -0.25) is 0 Å². The molecule has 1 atom stereocenters. The fraction of sp³-hybridized carbons (Fsp3) is 0.667. The van der Waals surface area contributed by atoms with E-state index in [0.29, 0.717) is 12.1 Å². The van der Waals surface area contributed by atoms with Crippen LogP contribution in [0.15, 0.2) is 22.8 Å². The molecule has 80 valence electrons. The summed E-state index contributed by atoms with van der Waals surface area (Å²) in [6.07, 6.45) is 5.38. The molecule has 0 saturated heterocycles. The maximum atomic E-state index is 5.43. The van der Waals surface area contributed by atoms with E-state index in [2.05, 4.69) is 32.2 Å². The topological polar surface area (TPSA) is 25.2 Å². The van der Waals surface area contributed by atoms with Gasteiger partial charge in [-0.15, -0.1) is 0 Å². The number of rotatable bonds is 6. The molecule has 2 heteroatoms. The van der Waals surface area contributed by atoms with E-state index in [1.165, 1.54) is 12.8 Å². The van der Waals surface area contributed by atoms with Crippen molar-refractivity contribution in [1.82, 2.24) is 5.32 Å². The predicted octanol–water partition coefficient (Wildman–Crippen LogP) is 3.51. The summed E-state index contributed by atoms with van der Waals surface area (Å²) in [4.78, 5) is 0. The lowest BCUT2D eigenvalue weighted by molar-refractivity contribution is 0.366. The molecule has 0 aliphatic heterocycles. The molecule has 1 unspecified atom stereocenters. The van der Waals surface area contributed by atoms with Gasteiger partial charge in [-0.25, -0.2) is 0 Å². The lowest BCUT2D eigenvalue weighted by atomic mass is 10.1. The lowest BCUT2D eigenvalue weighted by Gasteiger charge is -2.18. The molecule has 1 aromatic heterocycles. The fourth-order valence-corrected chi connectivity index (χ4v) is 1.61. The molecule has 0 amide bonds. The second-order valence-electron chi connectivity index (χ2n) is 4.03. The van der Waals surface area contributed by atoms with Gasteiger partial charge in [0.25, 0.3) is 0 Å². The third-order valence-electron chi connectivity index (χ3n) is 2.27. The van der Waals surface area contributed by atoms with Crippen LogP contribution in [0.5, 0.6) is 0 Å². The van der Waals surface area contributed by atoms with E-state index in [9.17, 15) is 0 Å². The molecule has 0 spiro atoms. The summed E-state index contributed by atoms with van der Waals surface area (Å²) in [5.41, 5.74) is 0. The second kappa shape index (κ2) is 5.86. The highest BCUT2D eigenvalue weighted by atomic mass is 16.3. The van der Waals surface area contributed by atoms with Crippen LogP contribution in [-0.2, 0) is 0 Å². The Balaban J connectivity index is 2.53. The van der Waals surface area contributed by atoms with E-state index >= 15 is 0 Å². The summed E-state index contributed by atoms with van der Waals surface area (Å²) in [6.45, 7) is 6.55. The zero-order chi connectivity index (χ0) is 10.4. The van der Waals surface area contributed by atoms with E-state index in [0.717, 1.165) is 12.2 Å². The lowest BCUT2D eigenvalue weighted by Crippen LogP contribution is -2.27. The molecule has 1 rings (SSSR count). The van der Waals surface area contributed by atoms with Crippen LogP contribution >= 0.6 is 0 Å². The molecule has 2 nitrogen and oxygen atoms in total. The highest BCUT2D eigenvalue weighted by molar-refractivity contribution is 5.04. The van der Waals surface area contributed by atoms with Crippen LogP contribution in [0.25, 0.3) is 0 Å². The first-order valence-corrected chi connectivity index (χ1v) is 5.53. The maximum Gasteiger partial charge on any atom is 0.120 e. The van der Waals surface area contributed by atoms with Crippen molar-refractivity contribution in [1.29, 1.82) is 0 Å². The Morgan fingerprint density at radius 2 is 2.21 bits per heavy atom. The Bertz CT molecular complexity index is 228. The van der Waals surface area contributed by atoms with Crippen molar-refractivity contribution in [2.45, 2.75) is 52.1 Å². The SMILES string of the molecule is CCCCC(NC(C)C)c1ccco1. The zero-order valence-corrected chi connectivity index (χ0v) is 9.42. The largest absolute Gasteiger partial charge is 0.468 e. The first-order chi connectivity index (χ1) is 6.74. The minimum absolute atomic E-state index is 0.380. The summed E-state index contributed by atoms with van der Waals surface area (Å²) in [7, 11) is 0. The van der Waals surface area contributed by atoms with Gasteiger partial charge in [0, 0.05) is 6.04 Å². The average Bonchev–Trinajstić information content (AvgIpc) is 2.64. The van der Waals surface area contributed by atoms with E-state index < -0.39 is 0 Å². The summed E-state index contributed by atoms with van der Waals surface area (Å²) in [5, 5.41) is 3.52. The Morgan fingerprint density at radius 3 is 2.71 bits per heavy atom. The van der Waals surface area contributed by atoms with Gasteiger partial charge in [0.05, 0.1) is 12.3 Å². The molecule has 0 fully saturated rings. The van der Waals surface area contributed by atoms with Crippen molar-refractivity contribution in [3.8, 4) is 0 Å². The van der Waals surface area contributed by atoms with Gasteiger partial charge in [-0.2, -0.15) is 0 Å². The van der Waals surface area contributed by atoms with Gasteiger partial charge in [-0.1, -0.05) is 33.6 Å². The highest BCUT2D eigenvalue weighted by Crippen LogP contribution is 2.20. The van der Waals surface area contributed by atoms with Crippen LogP contribution in [0.3, 0.4) is 0 Å². The monoisotopic (exact) mass is 195 g/mol. The normalized spacial score (nSPS) is 13.4. The van der Waals surface area contributed by atoms with Gasteiger partial charge in [0.15, 0.2) is 0 Å². The number of furan rings is 1. The van der Waals surface area contributed by atoms with Crippen LogP contribution in [0.2, 0.25) is 0 Å². The Hall–Kier alpha value is -0.760. The summed E-state index contributed by atoms with van der Waals surface area (Å²) in [6, 6.07) is 4.89. The Kier molecular flexibility index (Phi) is 4.74. The smallest absolute Gasteiger partial charge is 0.120 e. The summed E-state index contributed by atoms with van der Waals surface area (Å²) >= 11 is 0. The van der Waals surface area contributed by atoms with Crippen LogP contribution in [0.4, 0.5) is 0 Å². The van der Waals surface area contributed by atoms with E-state index in [4.69, 9.17) is 4.42 Å². The molecular weight excluding hydrogens is 174 g/mol. The Labute approximate surface area is 86.7 Å². The van der Waals surface area contributed by atoms with Gasteiger partial charge < -0.3 is 9.73 Å². The van der Waals surface area contributed by atoms with Crippen LogP contribution in [-0.4, -0.2) is 6.04 Å². The quantitative estimate of drug-likeness (QED) is 0.751. The molecule has 1 aromatic rings. The molecule has 0 aromatic carbocycles. The fourth-order valence-electron chi connectivity index (χ4n) is 1.61. The predicted molar refractivity (Wildman–Crippen MR) is 59.2 cm³/mol. The molecular formula is C12H21NO. The van der Waals surface area contributed by atoms with Gasteiger partial charge in [-0.05, 0) is 18.6 Å². The minimum atomic E-state index is 0.380. The van der Waals surface area contributed by atoms with E-state index in [1.54, 1.807) is 6.26 Å². The molecule has 1 N–H and O–H groups in total. The minimum Gasteiger partial charge on any atom is -0.468 e. The molecule has 14 heavy (non-hydrogen) atoms. The molecule has 1 heterocycles. The molecule has 0 bridgehead atoms. The van der Waals surface area contributed by atoms with E-state index in [1.807, 2.05) is 6.07 Å². The molecule has 0 saturated carbocycles. The maximum absolute atomic E-state index is 5.43. The van der Waals surface area contributed by atoms with Crippen molar-refractivity contribution in [2.75, 3.05) is 0 Å². The standard InChI is InChI=1S/C12H21NO/c1-4-5-7-11(13-10(2)3)12-8-6-9-14-12/h6,8-11,13H,4-5,7H2,1-3H3. The summed E-state index contributed by atoms with van der Waals surface area (Å²) in [5.74, 6) is 1.06. The van der Waals surface area contributed by atoms with Crippen LogP contribution in [0.1, 0.15) is 51.8 Å². The van der Waals surface area contributed by atoms with Crippen molar-refractivity contribution < 1.29 is 4.42 Å². The van der Waals surface area contributed by atoms with Crippen LogP contribution < -0.4 is 5.32 Å². The van der Waals surface area contributed by atoms with Gasteiger partial charge in [0.2, 0.25) is 0 Å². The van der Waals surface area contributed by atoms with E-state index in [-0.39, 0.29) is 0 Å². The Morgan fingerprint density at radius 1 is 1.43 bits per heavy atom. The first-order valence-electron chi connectivity index (χ1n) is 5.53. The highest BCUT2D eigenvalue weighted by Gasteiger charge is 2.13. The zero-order valence-electron chi connectivity index (χ0n) is 9.42. The van der Waals surface area contributed by atoms with Crippen LogP contribution in [0, 0.1) is 0 Å². The number of hydrogen-bond acceptors (Lipinski definition) is 2. The van der Waals surface area contributed by atoms with Gasteiger partial charge >= 0.3 is 0 Å². The second-order valence-corrected chi connectivity index (χ2v) is 4.03. The van der Waals surface area contributed by atoms with Crippen molar-refractivity contribution in [2.24, 2.45) is 0 Å².